The first-order valence-electron chi connectivity index (χ1n) is 7.30. The second-order valence-electron chi connectivity index (χ2n) is 5.26. The van der Waals surface area contributed by atoms with E-state index >= 15 is 0 Å². The zero-order valence-electron chi connectivity index (χ0n) is 13.0. The largest absolute Gasteiger partial charge is 0.475 e. The molecule has 6 nitrogen and oxygen atoms in total. The van der Waals surface area contributed by atoms with Crippen LogP contribution in [0.1, 0.15) is 38.8 Å². The monoisotopic (exact) mass is 360 g/mol. The van der Waals surface area contributed by atoms with Crippen LogP contribution in [0.4, 0.5) is 4.39 Å². The number of hydrogen-bond donors (Lipinski definition) is 2. The first kappa shape index (κ1) is 16.8. The maximum atomic E-state index is 13.1. The fraction of sp³-hybridized carbons (Fsp3) is 0.118. The summed E-state index contributed by atoms with van der Waals surface area (Å²) in [6.45, 7) is 1.64. The Morgan fingerprint density at radius 1 is 1.28 bits per heavy atom. The normalized spacial score (nSPS) is 11.9. The Balaban J connectivity index is 1.98. The Morgan fingerprint density at radius 3 is 2.60 bits per heavy atom. The van der Waals surface area contributed by atoms with Crippen molar-refractivity contribution in [3.8, 4) is 11.3 Å². The van der Waals surface area contributed by atoms with E-state index in [9.17, 15) is 19.1 Å². The lowest BCUT2D eigenvalue weighted by atomic mass is 10.0. The van der Waals surface area contributed by atoms with Crippen LogP contribution in [-0.4, -0.2) is 22.1 Å². The molecule has 25 heavy (non-hydrogen) atoms. The molecule has 0 bridgehead atoms. The molecule has 0 spiro atoms. The molecule has 128 valence electrons. The van der Waals surface area contributed by atoms with Crippen molar-refractivity contribution in [3.05, 3.63) is 63.8 Å². The van der Waals surface area contributed by atoms with Crippen LogP contribution in [0.3, 0.4) is 0 Å². The van der Waals surface area contributed by atoms with Gasteiger partial charge in [0.2, 0.25) is 5.76 Å². The van der Waals surface area contributed by atoms with Crippen LogP contribution >= 0.6 is 11.3 Å². The highest BCUT2D eigenvalue weighted by molar-refractivity contribution is 7.12. The van der Waals surface area contributed by atoms with Gasteiger partial charge in [-0.05, 0) is 42.6 Å². The summed E-state index contributed by atoms with van der Waals surface area (Å²) in [5.41, 5.74) is 0.963. The van der Waals surface area contributed by atoms with Gasteiger partial charge in [-0.2, -0.15) is 0 Å². The van der Waals surface area contributed by atoms with Gasteiger partial charge in [-0.3, -0.25) is 4.79 Å². The maximum absolute atomic E-state index is 13.1. The van der Waals surface area contributed by atoms with E-state index in [0.717, 1.165) is 0 Å². The molecule has 8 heteroatoms. The molecule has 0 aliphatic rings. The summed E-state index contributed by atoms with van der Waals surface area (Å²) in [6, 6.07) is 8.15. The Morgan fingerprint density at radius 2 is 2.00 bits per heavy atom. The molecule has 0 radical (unpaired) electrons. The van der Waals surface area contributed by atoms with Gasteiger partial charge in [0.15, 0.2) is 0 Å². The minimum Gasteiger partial charge on any atom is -0.475 e. The zero-order valence-corrected chi connectivity index (χ0v) is 13.8. The van der Waals surface area contributed by atoms with E-state index in [1.807, 2.05) is 0 Å². The molecule has 2 heterocycles. The standard InChI is InChI=1S/C17H13FN2O4S/c1-9(19-16(21)12-3-2-8-25-12)13-14(20-24-15(13)17(22)23)10-4-6-11(18)7-5-10/h2-9H,1H3,(H,19,21)(H,22,23). The number of nitrogens with one attached hydrogen (secondary N) is 1. The summed E-state index contributed by atoms with van der Waals surface area (Å²) >= 11 is 1.27. The predicted molar refractivity (Wildman–Crippen MR) is 89.1 cm³/mol. The lowest BCUT2D eigenvalue weighted by molar-refractivity contribution is 0.0648. The van der Waals surface area contributed by atoms with Crippen molar-refractivity contribution in [2.75, 3.05) is 0 Å². The topological polar surface area (TPSA) is 92.4 Å². The molecule has 1 unspecified atom stereocenters. The molecule has 3 aromatic rings. The highest BCUT2D eigenvalue weighted by Gasteiger charge is 2.28. The van der Waals surface area contributed by atoms with Gasteiger partial charge in [-0.25, -0.2) is 9.18 Å². The fourth-order valence-corrected chi connectivity index (χ4v) is 3.04. The maximum Gasteiger partial charge on any atom is 0.375 e. The summed E-state index contributed by atoms with van der Waals surface area (Å²) in [7, 11) is 0. The van der Waals surface area contributed by atoms with Crippen molar-refractivity contribution in [1.82, 2.24) is 10.5 Å². The molecule has 2 aromatic heterocycles. The summed E-state index contributed by atoms with van der Waals surface area (Å²) in [5, 5.41) is 17.6. The number of aromatic carboxylic acids is 1. The number of carbonyl (C=O) groups is 2. The molecule has 1 amide bonds. The lowest BCUT2D eigenvalue weighted by Crippen LogP contribution is -2.27. The van der Waals surface area contributed by atoms with Crippen molar-refractivity contribution in [2.24, 2.45) is 0 Å². The van der Waals surface area contributed by atoms with Gasteiger partial charge < -0.3 is 14.9 Å². The number of thiophene rings is 1. The molecule has 1 atom stereocenters. The smallest absolute Gasteiger partial charge is 0.375 e. The van der Waals surface area contributed by atoms with Crippen molar-refractivity contribution in [1.29, 1.82) is 0 Å². The van der Waals surface area contributed by atoms with Crippen LogP contribution in [-0.2, 0) is 0 Å². The third-order valence-corrected chi connectivity index (χ3v) is 4.43. The molecule has 0 fully saturated rings. The van der Waals surface area contributed by atoms with Crippen LogP contribution in [0, 0.1) is 5.82 Å². The lowest BCUT2D eigenvalue weighted by Gasteiger charge is -2.14. The number of rotatable bonds is 5. The van der Waals surface area contributed by atoms with Crippen LogP contribution in [0.5, 0.6) is 0 Å². The van der Waals surface area contributed by atoms with Crippen molar-refractivity contribution in [3.63, 3.8) is 0 Å². The highest BCUT2D eigenvalue weighted by atomic mass is 32.1. The number of amides is 1. The molecule has 0 aliphatic carbocycles. The van der Waals surface area contributed by atoms with Crippen molar-refractivity contribution >= 4 is 23.2 Å². The SMILES string of the molecule is CC(NC(=O)c1cccs1)c1c(-c2ccc(F)cc2)noc1C(=O)O. The number of halogens is 1. The molecule has 0 saturated carbocycles. The Hall–Kier alpha value is -3.00. The Labute approximate surface area is 145 Å². The van der Waals surface area contributed by atoms with Gasteiger partial charge in [0.05, 0.1) is 16.5 Å². The number of aromatic nitrogens is 1. The minimum absolute atomic E-state index is 0.226. The third kappa shape index (κ3) is 3.43. The van der Waals surface area contributed by atoms with Gasteiger partial charge in [-0.1, -0.05) is 11.2 Å². The second-order valence-corrected chi connectivity index (χ2v) is 6.21. The number of carboxylic acids is 1. The first-order chi connectivity index (χ1) is 12.0. The van der Waals surface area contributed by atoms with E-state index in [1.165, 1.54) is 35.6 Å². The summed E-state index contributed by atoms with van der Waals surface area (Å²) in [6.07, 6.45) is 0. The molecule has 1 aromatic carbocycles. The Kier molecular flexibility index (Phi) is 4.62. The van der Waals surface area contributed by atoms with Gasteiger partial charge in [0, 0.05) is 5.56 Å². The van der Waals surface area contributed by atoms with E-state index in [2.05, 4.69) is 10.5 Å². The van der Waals surface area contributed by atoms with E-state index in [0.29, 0.717) is 10.4 Å². The number of nitrogens with zero attached hydrogens (tertiary/aromatic N) is 1. The zero-order chi connectivity index (χ0) is 18.0. The Bertz CT molecular complexity index is 903. The van der Waals surface area contributed by atoms with Crippen LogP contribution in [0.15, 0.2) is 46.3 Å². The summed E-state index contributed by atoms with van der Waals surface area (Å²) < 4.78 is 18.1. The third-order valence-electron chi connectivity index (χ3n) is 3.57. The molecule has 2 N–H and O–H groups in total. The fourth-order valence-electron chi connectivity index (χ4n) is 2.42. The van der Waals surface area contributed by atoms with Crippen molar-refractivity contribution in [2.45, 2.75) is 13.0 Å². The number of hydrogen-bond acceptors (Lipinski definition) is 5. The number of carboxylic acid groups (broad SMARTS) is 1. The predicted octanol–water partition coefficient (Wildman–Crippen LogP) is 3.73. The summed E-state index contributed by atoms with van der Waals surface area (Å²) in [5.74, 6) is -2.41. The average Bonchev–Trinajstić information content (AvgIpc) is 3.25. The molecular weight excluding hydrogens is 347 g/mol. The van der Waals surface area contributed by atoms with Gasteiger partial charge >= 0.3 is 5.97 Å². The molecule has 0 saturated heterocycles. The average molecular weight is 360 g/mol. The van der Waals surface area contributed by atoms with E-state index in [-0.39, 0.29) is 22.9 Å². The highest BCUT2D eigenvalue weighted by Crippen LogP contribution is 2.31. The van der Waals surface area contributed by atoms with Crippen LogP contribution < -0.4 is 5.32 Å². The van der Waals surface area contributed by atoms with Crippen LogP contribution in [0.2, 0.25) is 0 Å². The minimum atomic E-state index is -1.30. The van der Waals surface area contributed by atoms with Crippen LogP contribution in [0.25, 0.3) is 11.3 Å². The summed E-state index contributed by atoms with van der Waals surface area (Å²) in [4.78, 5) is 24.2. The van der Waals surface area contributed by atoms with E-state index < -0.39 is 17.8 Å². The van der Waals surface area contributed by atoms with E-state index in [1.54, 1.807) is 24.4 Å². The second kappa shape index (κ2) is 6.86. The van der Waals surface area contributed by atoms with E-state index in [4.69, 9.17) is 4.52 Å². The van der Waals surface area contributed by atoms with Gasteiger partial charge in [0.1, 0.15) is 11.5 Å². The van der Waals surface area contributed by atoms with Gasteiger partial charge in [-0.15, -0.1) is 11.3 Å². The molecular formula is C17H13FN2O4S. The quantitative estimate of drug-likeness (QED) is 0.723. The number of benzene rings is 1. The first-order valence-corrected chi connectivity index (χ1v) is 8.18. The molecule has 0 aliphatic heterocycles. The van der Waals surface area contributed by atoms with Crippen molar-refractivity contribution < 1.29 is 23.6 Å². The number of carbonyl (C=O) groups excluding carboxylic acids is 1. The molecule has 3 rings (SSSR count). The van der Waals surface area contributed by atoms with Gasteiger partial charge in [0.25, 0.3) is 5.91 Å².